The molecule has 0 aliphatic rings. The number of fused-ring (bicyclic) bond motifs is 1. The minimum atomic E-state index is -0.952. The number of hydrogen-bond donors (Lipinski definition) is 2. The molecule has 0 amide bonds. The van der Waals surface area contributed by atoms with Crippen LogP contribution in [0.25, 0.3) is 28.5 Å². The van der Waals surface area contributed by atoms with E-state index in [1.54, 1.807) is 6.08 Å². The SMILES string of the molecule is O=C(O)/C=C/c1ccc(-c2nc3ccccc3[nH]2)cc1. The van der Waals surface area contributed by atoms with E-state index < -0.39 is 5.97 Å². The van der Waals surface area contributed by atoms with Gasteiger partial charge in [0.2, 0.25) is 0 Å². The zero-order chi connectivity index (χ0) is 13.9. The molecule has 4 nitrogen and oxygen atoms in total. The third-order valence-electron chi connectivity index (χ3n) is 2.99. The van der Waals surface area contributed by atoms with Gasteiger partial charge in [0, 0.05) is 11.6 Å². The Hall–Kier alpha value is -2.88. The van der Waals surface area contributed by atoms with Crippen LogP contribution in [-0.4, -0.2) is 21.0 Å². The van der Waals surface area contributed by atoms with Crippen molar-refractivity contribution in [2.24, 2.45) is 0 Å². The minimum absolute atomic E-state index is 0.806. The summed E-state index contributed by atoms with van der Waals surface area (Å²) in [6, 6.07) is 15.4. The number of aromatic amines is 1. The quantitative estimate of drug-likeness (QED) is 0.713. The van der Waals surface area contributed by atoms with Crippen molar-refractivity contribution in [1.29, 1.82) is 0 Å². The molecule has 0 spiro atoms. The fourth-order valence-electron chi connectivity index (χ4n) is 2.01. The standard InChI is InChI=1S/C16H12N2O2/c19-15(20)10-7-11-5-8-12(9-6-11)16-17-13-3-1-2-4-14(13)18-16/h1-10H,(H,17,18)(H,19,20)/b10-7+. The molecule has 0 atom stereocenters. The number of nitrogens with zero attached hydrogens (tertiary/aromatic N) is 1. The molecule has 0 radical (unpaired) electrons. The highest BCUT2D eigenvalue weighted by atomic mass is 16.4. The van der Waals surface area contributed by atoms with E-state index in [2.05, 4.69) is 9.97 Å². The summed E-state index contributed by atoms with van der Waals surface area (Å²) in [5.41, 5.74) is 3.73. The van der Waals surface area contributed by atoms with Crippen molar-refractivity contribution in [3.63, 3.8) is 0 Å². The van der Waals surface area contributed by atoms with Gasteiger partial charge in [0.25, 0.3) is 0 Å². The summed E-state index contributed by atoms with van der Waals surface area (Å²) in [6.07, 6.45) is 2.68. The van der Waals surface area contributed by atoms with Gasteiger partial charge >= 0.3 is 5.97 Å². The first-order valence-electron chi connectivity index (χ1n) is 6.18. The first-order valence-corrected chi connectivity index (χ1v) is 6.18. The third-order valence-corrected chi connectivity index (χ3v) is 2.99. The van der Waals surface area contributed by atoms with Gasteiger partial charge in [0.15, 0.2) is 0 Å². The first kappa shape index (κ1) is 12.2. The van der Waals surface area contributed by atoms with Crippen LogP contribution in [0.4, 0.5) is 0 Å². The molecule has 98 valence electrons. The fourth-order valence-corrected chi connectivity index (χ4v) is 2.01. The van der Waals surface area contributed by atoms with Crippen LogP contribution in [0.3, 0.4) is 0 Å². The van der Waals surface area contributed by atoms with Gasteiger partial charge in [0.1, 0.15) is 5.82 Å². The normalized spacial score (nSPS) is 11.2. The number of H-pyrrole nitrogens is 1. The van der Waals surface area contributed by atoms with Gasteiger partial charge in [-0.25, -0.2) is 9.78 Å². The average Bonchev–Trinajstić information content (AvgIpc) is 2.89. The van der Waals surface area contributed by atoms with E-state index in [0.717, 1.165) is 34.1 Å². The Morgan fingerprint density at radius 2 is 1.85 bits per heavy atom. The number of benzene rings is 2. The molecule has 3 rings (SSSR count). The average molecular weight is 264 g/mol. The summed E-state index contributed by atoms with van der Waals surface area (Å²) in [5.74, 6) is -0.147. The monoisotopic (exact) mass is 264 g/mol. The Balaban J connectivity index is 1.92. The van der Waals surface area contributed by atoms with E-state index in [-0.39, 0.29) is 0 Å². The predicted octanol–water partition coefficient (Wildman–Crippen LogP) is 3.33. The van der Waals surface area contributed by atoms with E-state index in [1.165, 1.54) is 0 Å². The number of carbonyl (C=O) groups is 1. The number of carboxylic acids is 1. The van der Waals surface area contributed by atoms with Crippen LogP contribution >= 0.6 is 0 Å². The maximum atomic E-state index is 10.5. The highest BCUT2D eigenvalue weighted by Gasteiger charge is 2.04. The number of nitrogens with one attached hydrogen (secondary N) is 1. The smallest absolute Gasteiger partial charge is 0.328 e. The van der Waals surface area contributed by atoms with Crippen molar-refractivity contribution < 1.29 is 9.90 Å². The Morgan fingerprint density at radius 1 is 1.10 bits per heavy atom. The molecule has 0 aliphatic carbocycles. The summed E-state index contributed by atoms with van der Waals surface area (Å²) in [5, 5.41) is 8.59. The van der Waals surface area contributed by atoms with Crippen LogP contribution in [0.5, 0.6) is 0 Å². The van der Waals surface area contributed by atoms with Crippen LogP contribution in [-0.2, 0) is 4.79 Å². The fraction of sp³-hybridized carbons (Fsp3) is 0. The molecule has 2 aromatic carbocycles. The van der Waals surface area contributed by atoms with Gasteiger partial charge in [-0.15, -0.1) is 0 Å². The van der Waals surface area contributed by atoms with Crippen molar-refractivity contribution >= 4 is 23.1 Å². The van der Waals surface area contributed by atoms with Crippen LogP contribution in [0.15, 0.2) is 54.6 Å². The second-order valence-electron chi connectivity index (χ2n) is 4.40. The van der Waals surface area contributed by atoms with Gasteiger partial charge < -0.3 is 10.1 Å². The molecule has 4 heteroatoms. The van der Waals surface area contributed by atoms with Gasteiger partial charge in [-0.05, 0) is 23.8 Å². The van der Waals surface area contributed by atoms with Gasteiger partial charge in [0.05, 0.1) is 11.0 Å². The van der Waals surface area contributed by atoms with Crippen molar-refractivity contribution in [3.8, 4) is 11.4 Å². The van der Waals surface area contributed by atoms with Gasteiger partial charge in [-0.1, -0.05) is 36.4 Å². The number of aromatic nitrogens is 2. The highest BCUT2D eigenvalue weighted by molar-refractivity contribution is 5.85. The van der Waals surface area contributed by atoms with Crippen LogP contribution in [0.2, 0.25) is 0 Å². The Bertz CT molecular complexity index is 753. The van der Waals surface area contributed by atoms with Gasteiger partial charge in [-0.3, -0.25) is 0 Å². The van der Waals surface area contributed by atoms with Crippen LogP contribution in [0, 0.1) is 0 Å². The lowest BCUT2D eigenvalue weighted by Crippen LogP contribution is -1.86. The number of hydrogen-bond acceptors (Lipinski definition) is 2. The van der Waals surface area contributed by atoms with Crippen molar-refractivity contribution in [2.45, 2.75) is 0 Å². The zero-order valence-corrected chi connectivity index (χ0v) is 10.6. The molecular weight excluding hydrogens is 252 g/mol. The topological polar surface area (TPSA) is 66.0 Å². The van der Waals surface area contributed by atoms with E-state index in [4.69, 9.17) is 5.11 Å². The molecule has 2 N–H and O–H groups in total. The molecule has 0 saturated heterocycles. The summed E-state index contributed by atoms with van der Waals surface area (Å²) in [7, 11) is 0. The van der Waals surface area contributed by atoms with Crippen molar-refractivity contribution in [3.05, 3.63) is 60.2 Å². The first-order chi connectivity index (χ1) is 9.72. The summed E-state index contributed by atoms with van der Waals surface area (Å²) < 4.78 is 0. The third kappa shape index (κ3) is 2.44. The maximum absolute atomic E-state index is 10.5. The molecule has 1 aromatic heterocycles. The highest BCUT2D eigenvalue weighted by Crippen LogP contribution is 2.20. The Kier molecular flexibility index (Phi) is 3.05. The number of imidazole rings is 1. The second kappa shape index (κ2) is 5.01. The van der Waals surface area contributed by atoms with E-state index in [0.29, 0.717) is 0 Å². The molecular formula is C16H12N2O2. The Labute approximate surface area is 115 Å². The van der Waals surface area contributed by atoms with E-state index in [9.17, 15) is 4.79 Å². The Morgan fingerprint density at radius 3 is 2.55 bits per heavy atom. The lowest BCUT2D eigenvalue weighted by atomic mass is 10.1. The van der Waals surface area contributed by atoms with Crippen molar-refractivity contribution in [1.82, 2.24) is 9.97 Å². The lowest BCUT2D eigenvalue weighted by molar-refractivity contribution is -0.131. The molecule has 3 aromatic rings. The number of aliphatic carboxylic acids is 1. The van der Waals surface area contributed by atoms with Crippen LogP contribution < -0.4 is 0 Å². The summed E-state index contributed by atoms with van der Waals surface area (Å²) in [6.45, 7) is 0. The number of rotatable bonds is 3. The van der Waals surface area contributed by atoms with Crippen LogP contribution in [0.1, 0.15) is 5.56 Å². The maximum Gasteiger partial charge on any atom is 0.328 e. The summed E-state index contributed by atoms with van der Waals surface area (Å²) >= 11 is 0. The zero-order valence-electron chi connectivity index (χ0n) is 10.6. The van der Waals surface area contributed by atoms with Gasteiger partial charge in [-0.2, -0.15) is 0 Å². The minimum Gasteiger partial charge on any atom is -0.478 e. The van der Waals surface area contributed by atoms with E-state index >= 15 is 0 Å². The van der Waals surface area contributed by atoms with Crippen molar-refractivity contribution in [2.75, 3.05) is 0 Å². The molecule has 20 heavy (non-hydrogen) atoms. The molecule has 0 bridgehead atoms. The number of carboxylic acid groups (broad SMARTS) is 1. The predicted molar refractivity (Wildman–Crippen MR) is 78.2 cm³/mol. The lowest BCUT2D eigenvalue weighted by Gasteiger charge is -1.97. The molecule has 1 heterocycles. The number of para-hydroxylation sites is 2. The van der Waals surface area contributed by atoms with E-state index in [1.807, 2.05) is 48.5 Å². The molecule has 0 aliphatic heterocycles. The molecule has 0 saturated carbocycles. The second-order valence-corrected chi connectivity index (χ2v) is 4.40. The molecule has 0 unspecified atom stereocenters. The largest absolute Gasteiger partial charge is 0.478 e. The molecule has 0 fully saturated rings. The summed E-state index contributed by atoms with van der Waals surface area (Å²) in [4.78, 5) is 18.2.